The van der Waals surface area contributed by atoms with Gasteiger partial charge in [-0.05, 0) is 13.8 Å². The quantitative estimate of drug-likeness (QED) is 0.833. The molecule has 0 aliphatic heterocycles. The monoisotopic (exact) mass is 247 g/mol. The van der Waals surface area contributed by atoms with Crippen LogP contribution < -0.4 is 11.1 Å². The number of aromatic nitrogens is 3. The second kappa shape index (κ2) is 4.82. The predicted molar refractivity (Wildman–Crippen MR) is 67.1 cm³/mol. The zero-order valence-corrected chi connectivity index (χ0v) is 10.1. The van der Waals surface area contributed by atoms with E-state index >= 15 is 0 Å². The van der Waals surface area contributed by atoms with E-state index in [0.717, 1.165) is 5.69 Å². The third kappa shape index (κ3) is 2.45. The van der Waals surface area contributed by atoms with Crippen LogP contribution in [0.1, 0.15) is 12.6 Å². The summed E-state index contributed by atoms with van der Waals surface area (Å²) in [6.07, 6.45) is 1.01. The lowest BCUT2D eigenvalue weighted by atomic mass is 10.3. The van der Waals surface area contributed by atoms with Gasteiger partial charge in [0.15, 0.2) is 5.65 Å². The molecule has 94 valence electrons. The molecule has 0 fully saturated rings. The van der Waals surface area contributed by atoms with E-state index in [4.69, 9.17) is 10.5 Å². The van der Waals surface area contributed by atoms with Crippen molar-refractivity contribution >= 4 is 28.8 Å². The standard InChI is InChI=1S/C11H13N5O2/c1-3-18-11(17)16-8-4-7(12)9-10(15-8)13-5-6(2)14-9/h4-5H,3H2,1-2H3,(H3,12,13,15,16,17). The summed E-state index contributed by atoms with van der Waals surface area (Å²) in [6, 6.07) is 1.52. The molecule has 0 spiro atoms. The Morgan fingerprint density at radius 2 is 2.28 bits per heavy atom. The summed E-state index contributed by atoms with van der Waals surface area (Å²) in [5.41, 5.74) is 7.90. The van der Waals surface area contributed by atoms with Crippen LogP contribution in [-0.4, -0.2) is 27.7 Å². The molecule has 3 N–H and O–H groups in total. The smallest absolute Gasteiger partial charge is 0.412 e. The fraction of sp³-hybridized carbons (Fsp3) is 0.273. The molecule has 7 heteroatoms. The Bertz CT molecular complexity index is 599. The Labute approximate surface area is 103 Å². The number of hydrogen-bond donors (Lipinski definition) is 2. The fourth-order valence-corrected chi connectivity index (χ4v) is 1.44. The van der Waals surface area contributed by atoms with Crippen molar-refractivity contribution in [2.45, 2.75) is 13.8 Å². The van der Waals surface area contributed by atoms with Gasteiger partial charge >= 0.3 is 6.09 Å². The predicted octanol–water partition coefficient (Wildman–Crippen LogP) is 1.48. The van der Waals surface area contributed by atoms with Crippen LogP contribution in [0.5, 0.6) is 0 Å². The van der Waals surface area contributed by atoms with Crippen molar-refractivity contribution in [2.75, 3.05) is 17.7 Å². The first-order chi connectivity index (χ1) is 8.60. The molecule has 0 aliphatic rings. The average Bonchev–Trinajstić information content (AvgIpc) is 2.30. The third-order valence-electron chi connectivity index (χ3n) is 2.17. The van der Waals surface area contributed by atoms with E-state index in [0.29, 0.717) is 16.9 Å². The molecule has 2 rings (SSSR count). The van der Waals surface area contributed by atoms with E-state index in [9.17, 15) is 4.79 Å². The van der Waals surface area contributed by atoms with E-state index < -0.39 is 6.09 Å². The second-order valence-corrected chi connectivity index (χ2v) is 3.63. The average molecular weight is 247 g/mol. The van der Waals surface area contributed by atoms with E-state index in [1.807, 2.05) is 6.92 Å². The number of rotatable bonds is 2. The fourth-order valence-electron chi connectivity index (χ4n) is 1.44. The highest BCUT2D eigenvalue weighted by molar-refractivity contribution is 5.90. The summed E-state index contributed by atoms with van der Waals surface area (Å²) in [7, 11) is 0. The van der Waals surface area contributed by atoms with Crippen molar-refractivity contribution in [3.05, 3.63) is 18.0 Å². The number of carbonyl (C=O) groups is 1. The van der Waals surface area contributed by atoms with Crippen LogP contribution in [0, 0.1) is 6.92 Å². The number of ether oxygens (including phenoxy) is 1. The highest BCUT2D eigenvalue weighted by Crippen LogP contribution is 2.19. The van der Waals surface area contributed by atoms with E-state index in [1.54, 1.807) is 13.1 Å². The number of pyridine rings is 1. The second-order valence-electron chi connectivity index (χ2n) is 3.63. The first kappa shape index (κ1) is 12.0. The number of aryl methyl sites for hydroxylation is 1. The maximum absolute atomic E-state index is 11.3. The Hall–Kier alpha value is -2.44. The van der Waals surface area contributed by atoms with E-state index in [1.165, 1.54) is 6.07 Å². The number of nitrogens with one attached hydrogen (secondary N) is 1. The third-order valence-corrected chi connectivity index (χ3v) is 2.17. The van der Waals surface area contributed by atoms with Gasteiger partial charge in [-0.1, -0.05) is 0 Å². The lowest BCUT2D eigenvalue weighted by Gasteiger charge is -2.07. The molecular formula is C11H13N5O2. The Morgan fingerprint density at radius 3 is 3.00 bits per heavy atom. The summed E-state index contributed by atoms with van der Waals surface area (Å²) in [5.74, 6) is 0.289. The summed E-state index contributed by atoms with van der Waals surface area (Å²) >= 11 is 0. The van der Waals surface area contributed by atoms with Gasteiger partial charge in [0.05, 0.1) is 24.2 Å². The minimum atomic E-state index is -0.580. The first-order valence-electron chi connectivity index (χ1n) is 5.43. The van der Waals surface area contributed by atoms with E-state index in [2.05, 4.69) is 20.3 Å². The number of amides is 1. The van der Waals surface area contributed by atoms with Gasteiger partial charge in [-0.15, -0.1) is 0 Å². The Balaban J connectivity index is 2.37. The molecule has 2 aromatic heterocycles. The van der Waals surface area contributed by atoms with Crippen molar-refractivity contribution in [3.63, 3.8) is 0 Å². The highest BCUT2D eigenvalue weighted by atomic mass is 16.5. The van der Waals surface area contributed by atoms with Gasteiger partial charge in [-0.25, -0.2) is 19.7 Å². The molecule has 0 aliphatic carbocycles. The molecule has 1 amide bonds. The number of carbonyl (C=O) groups excluding carboxylic acids is 1. The molecule has 2 aromatic rings. The molecule has 0 radical (unpaired) electrons. The molecule has 7 nitrogen and oxygen atoms in total. The van der Waals surface area contributed by atoms with Crippen molar-refractivity contribution in [1.82, 2.24) is 15.0 Å². The molecule has 0 aromatic carbocycles. The number of nitrogens with two attached hydrogens (primary N) is 1. The number of hydrogen-bond acceptors (Lipinski definition) is 6. The molecule has 0 saturated heterocycles. The summed E-state index contributed by atoms with van der Waals surface area (Å²) < 4.78 is 4.75. The molecular weight excluding hydrogens is 234 g/mol. The maximum Gasteiger partial charge on any atom is 0.412 e. The molecule has 0 saturated carbocycles. The van der Waals surface area contributed by atoms with Gasteiger partial charge in [0, 0.05) is 6.07 Å². The zero-order valence-electron chi connectivity index (χ0n) is 10.1. The lowest BCUT2D eigenvalue weighted by molar-refractivity contribution is 0.168. The topological polar surface area (TPSA) is 103 Å². The summed E-state index contributed by atoms with van der Waals surface area (Å²) in [6.45, 7) is 3.82. The van der Waals surface area contributed by atoms with Crippen LogP contribution >= 0.6 is 0 Å². The minimum Gasteiger partial charge on any atom is -0.450 e. The molecule has 18 heavy (non-hydrogen) atoms. The van der Waals surface area contributed by atoms with Crippen LogP contribution in [0.3, 0.4) is 0 Å². The first-order valence-corrected chi connectivity index (χ1v) is 5.43. The molecule has 2 heterocycles. The normalized spacial score (nSPS) is 10.3. The highest BCUT2D eigenvalue weighted by Gasteiger charge is 2.09. The minimum absolute atomic E-state index is 0.286. The van der Waals surface area contributed by atoms with E-state index in [-0.39, 0.29) is 12.4 Å². The van der Waals surface area contributed by atoms with Gasteiger partial charge in [-0.3, -0.25) is 5.32 Å². The van der Waals surface area contributed by atoms with Gasteiger partial charge in [0.25, 0.3) is 0 Å². The van der Waals surface area contributed by atoms with Crippen LogP contribution in [-0.2, 0) is 4.74 Å². The largest absolute Gasteiger partial charge is 0.450 e. The van der Waals surface area contributed by atoms with Crippen LogP contribution in [0.25, 0.3) is 11.2 Å². The molecule has 0 atom stereocenters. The summed E-state index contributed by atoms with van der Waals surface area (Å²) in [5, 5.41) is 2.47. The van der Waals surface area contributed by atoms with Crippen LogP contribution in [0.4, 0.5) is 16.3 Å². The number of anilines is 2. The van der Waals surface area contributed by atoms with Crippen LogP contribution in [0.15, 0.2) is 12.3 Å². The van der Waals surface area contributed by atoms with Gasteiger partial charge < -0.3 is 10.5 Å². The van der Waals surface area contributed by atoms with Gasteiger partial charge in [0.2, 0.25) is 0 Å². The van der Waals surface area contributed by atoms with Crippen molar-refractivity contribution in [1.29, 1.82) is 0 Å². The molecule has 0 unspecified atom stereocenters. The van der Waals surface area contributed by atoms with Crippen molar-refractivity contribution in [3.8, 4) is 0 Å². The van der Waals surface area contributed by atoms with Crippen molar-refractivity contribution < 1.29 is 9.53 Å². The summed E-state index contributed by atoms with van der Waals surface area (Å²) in [4.78, 5) is 23.7. The van der Waals surface area contributed by atoms with Gasteiger partial charge in [0.1, 0.15) is 11.3 Å². The maximum atomic E-state index is 11.3. The SMILES string of the molecule is CCOC(=O)Nc1cc(N)c2nc(C)cnc2n1. The zero-order chi connectivity index (χ0) is 13.1. The number of nitrogens with zero attached hydrogens (tertiary/aromatic N) is 3. The Kier molecular flexibility index (Phi) is 3.22. The molecule has 0 bridgehead atoms. The number of nitrogen functional groups attached to an aromatic ring is 1. The Morgan fingerprint density at radius 1 is 1.50 bits per heavy atom. The lowest BCUT2D eigenvalue weighted by Crippen LogP contribution is -2.14. The van der Waals surface area contributed by atoms with Gasteiger partial charge in [-0.2, -0.15) is 0 Å². The van der Waals surface area contributed by atoms with Crippen LogP contribution in [0.2, 0.25) is 0 Å². The van der Waals surface area contributed by atoms with Crippen molar-refractivity contribution in [2.24, 2.45) is 0 Å². The number of fused-ring (bicyclic) bond motifs is 1.